The third-order valence-corrected chi connectivity index (χ3v) is 4.25. The molecular weight excluding hydrogens is 280 g/mol. The predicted octanol–water partition coefficient (Wildman–Crippen LogP) is 1.92. The number of benzene rings is 1. The van der Waals surface area contributed by atoms with Crippen molar-refractivity contribution in [3.05, 3.63) is 29.8 Å². The molecule has 0 heterocycles. The number of likely N-dealkylation sites (N-methyl/N-ethyl adjacent to an activating group) is 1. The number of carbonyl (C=O) groups excluding carboxylic acids is 2. The normalized spacial score (nSPS) is 17.1. The summed E-state index contributed by atoms with van der Waals surface area (Å²) in [6, 6.07) is 6.60. The molecule has 0 aliphatic heterocycles. The van der Waals surface area contributed by atoms with Gasteiger partial charge in [0.05, 0.1) is 17.8 Å². The second-order valence-corrected chi connectivity index (χ2v) is 6.11. The van der Waals surface area contributed by atoms with E-state index in [9.17, 15) is 14.7 Å². The highest BCUT2D eigenvalue weighted by Gasteiger charge is 2.32. The molecule has 120 valence electrons. The lowest BCUT2D eigenvalue weighted by molar-refractivity contribution is -0.120. The Labute approximate surface area is 131 Å². The van der Waals surface area contributed by atoms with Crippen molar-refractivity contribution in [2.75, 3.05) is 18.9 Å². The van der Waals surface area contributed by atoms with Crippen LogP contribution in [0.4, 0.5) is 5.69 Å². The first-order valence-electron chi connectivity index (χ1n) is 7.69. The standard InChI is InChI=1S/C17H24N2O3/c1-11(19(3)10-16(21)13-8-9-13)17(22)18-15-7-5-4-6-14(15)12(2)20/h4-7,11,13,16,21H,8-10H2,1-3H3,(H,18,22). The third kappa shape index (κ3) is 4.15. The van der Waals surface area contributed by atoms with Gasteiger partial charge in [-0.1, -0.05) is 12.1 Å². The number of rotatable bonds is 7. The summed E-state index contributed by atoms with van der Waals surface area (Å²) >= 11 is 0. The fourth-order valence-corrected chi connectivity index (χ4v) is 2.42. The lowest BCUT2D eigenvalue weighted by Crippen LogP contribution is -2.43. The van der Waals surface area contributed by atoms with Crippen LogP contribution in [0.15, 0.2) is 24.3 Å². The van der Waals surface area contributed by atoms with Gasteiger partial charge in [-0.15, -0.1) is 0 Å². The van der Waals surface area contributed by atoms with Gasteiger partial charge in [-0.3, -0.25) is 14.5 Å². The minimum Gasteiger partial charge on any atom is -0.392 e. The van der Waals surface area contributed by atoms with Crippen LogP contribution in [0.25, 0.3) is 0 Å². The summed E-state index contributed by atoms with van der Waals surface area (Å²) < 4.78 is 0. The largest absolute Gasteiger partial charge is 0.392 e. The van der Waals surface area contributed by atoms with E-state index in [-0.39, 0.29) is 23.8 Å². The number of amides is 1. The van der Waals surface area contributed by atoms with Gasteiger partial charge in [-0.2, -0.15) is 0 Å². The van der Waals surface area contributed by atoms with E-state index in [0.29, 0.717) is 23.7 Å². The molecule has 5 nitrogen and oxygen atoms in total. The molecule has 0 radical (unpaired) electrons. The Morgan fingerprint density at radius 2 is 2.00 bits per heavy atom. The van der Waals surface area contributed by atoms with E-state index in [1.807, 2.05) is 11.9 Å². The summed E-state index contributed by atoms with van der Waals surface area (Å²) in [5, 5.41) is 12.8. The molecular formula is C17H24N2O3. The molecule has 0 aromatic heterocycles. The summed E-state index contributed by atoms with van der Waals surface area (Å²) in [5.74, 6) is 0.122. The number of nitrogens with one attached hydrogen (secondary N) is 1. The number of nitrogens with zero attached hydrogens (tertiary/aromatic N) is 1. The monoisotopic (exact) mass is 304 g/mol. The van der Waals surface area contributed by atoms with Gasteiger partial charge in [0, 0.05) is 12.1 Å². The van der Waals surface area contributed by atoms with Crippen molar-refractivity contribution in [1.82, 2.24) is 4.90 Å². The minimum atomic E-state index is -0.381. The van der Waals surface area contributed by atoms with Crippen LogP contribution < -0.4 is 5.32 Å². The van der Waals surface area contributed by atoms with E-state index >= 15 is 0 Å². The fraction of sp³-hybridized carbons (Fsp3) is 0.529. The van der Waals surface area contributed by atoms with Crippen LogP contribution in [0.3, 0.4) is 0 Å². The smallest absolute Gasteiger partial charge is 0.241 e. The van der Waals surface area contributed by atoms with Crippen LogP contribution in [0.5, 0.6) is 0 Å². The molecule has 1 aromatic carbocycles. The maximum absolute atomic E-state index is 12.3. The summed E-state index contributed by atoms with van der Waals surface area (Å²) in [6.07, 6.45) is 1.77. The molecule has 0 saturated heterocycles. The van der Waals surface area contributed by atoms with Gasteiger partial charge in [0.1, 0.15) is 0 Å². The number of hydrogen-bond donors (Lipinski definition) is 2. The molecule has 0 bridgehead atoms. The Hall–Kier alpha value is -1.72. The molecule has 1 aliphatic carbocycles. The van der Waals surface area contributed by atoms with E-state index in [1.165, 1.54) is 6.92 Å². The number of aliphatic hydroxyl groups excluding tert-OH is 1. The van der Waals surface area contributed by atoms with Crippen molar-refractivity contribution < 1.29 is 14.7 Å². The maximum atomic E-state index is 12.3. The number of Topliss-reactive ketones (excluding diaryl/α,β-unsaturated/α-hetero) is 1. The van der Waals surface area contributed by atoms with Crippen LogP contribution in [-0.2, 0) is 4.79 Å². The number of para-hydroxylation sites is 1. The van der Waals surface area contributed by atoms with Crippen molar-refractivity contribution in [3.63, 3.8) is 0 Å². The highest BCUT2D eigenvalue weighted by Crippen LogP contribution is 2.32. The van der Waals surface area contributed by atoms with Crippen molar-refractivity contribution in [2.45, 2.75) is 38.8 Å². The first-order valence-corrected chi connectivity index (χ1v) is 7.69. The van der Waals surface area contributed by atoms with Crippen LogP contribution in [0.2, 0.25) is 0 Å². The zero-order valence-electron chi connectivity index (χ0n) is 13.4. The quantitative estimate of drug-likeness (QED) is 0.755. The van der Waals surface area contributed by atoms with E-state index in [0.717, 1.165) is 12.8 Å². The van der Waals surface area contributed by atoms with Crippen molar-refractivity contribution in [3.8, 4) is 0 Å². The van der Waals surface area contributed by atoms with Crippen molar-refractivity contribution in [2.24, 2.45) is 5.92 Å². The summed E-state index contributed by atoms with van der Waals surface area (Å²) in [5.41, 5.74) is 1.03. The summed E-state index contributed by atoms with van der Waals surface area (Å²) in [7, 11) is 1.83. The molecule has 0 spiro atoms. The number of carbonyl (C=O) groups is 2. The maximum Gasteiger partial charge on any atom is 0.241 e. The van der Waals surface area contributed by atoms with Gasteiger partial charge in [0.15, 0.2) is 5.78 Å². The number of anilines is 1. The van der Waals surface area contributed by atoms with Gasteiger partial charge in [0.2, 0.25) is 5.91 Å². The molecule has 1 aromatic rings. The molecule has 1 aliphatic rings. The Bertz CT molecular complexity index is 555. The zero-order chi connectivity index (χ0) is 16.3. The Balaban J connectivity index is 1.97. The molecule has 1 saturated carbocycles. The fourth-order valence-electron chi connectivity index (χ4n) is 2.42. The molecule has 1 amide bonds. The topological polar surface area (TPSA) is 69.6 Å². The molecule has 5 heteroatoms. The van der Waals surface area contributed by atoms with Crippen LogP contribution in [0, 0.1) is 5.92 Å². The molecule has 2 atom stereocenters. The van der Waals surface area contributed by atoms with E-state index in [2.05, 4.69) is 5.32 Å². The van der Waals surface area contributed by atoms with E-state index in [1.54, 1.807) is 31.2 Å². The summed E-state index contributed by atoms with van der Waals surface area (Å²) in [4.78, 5) is 25.8. The van der Waals surface area contributed by atoms with E-state index < -0.39 is 0 Å². The average molecular weight is 304 g/mol. The highest BCUT2D eigenvalue weighted by molar-refractivity contribution is 6.04. The number of aliphatic hydroxyl groups is 1. The molecule has 2 N–H and O–H groups in total. The molecule has 22 heavy (non-hydrogen) atoms. The van der Waals surface area contributed by atoms with Gasteiger partial charge >= 0.3 is 0 Å². The molecule has 2 unspecified atom stereocenters. The first kappa shape index (κ1) is 16.6. The highest BCUT2D eigenvalue weighted by atomic mass is 16.3. The van der Waals surface area contributed by atoms with Gasteiger partial charge in [0.25, 0.3) is 0 Å². The van der Waals surface area contributed by atoms with Gasteiger partial charge < -0.3 is 10.4 Å². The Kier molecular flexibility index (Phi) is 5.32. The van der Waals surface area contributed by atoms with Crippen molar-refractivity contribution in [1.29, 1.82) is 0 Å². The second-order valence-electron chi connectivity index (χ2n) is 6.11. The zero-order valence-corrected chi connectivity index (χ0v) is 13.4. The van der Waals surface area contributed by atoms with Crippen molar-refractivity contribution >= 4 is 17.4 Å². The lowest BCUT2D eigenvalue weighted by Gasteiger charge is -2.26. The molecule has 1 fully saturated rings. The number of ketones is 1. The van der Waals surface area contributed by atoms with Crippen LogP contribution >= 0.6 is 0 Å². The number of hydrogen-bond acceptors (Lipinski definition) is 4. The SMILES string of the molecule is CC(=O)c1ccccc1NC(=O)C(C)N(C)CC(O)C1CC1. The predicted molar refractivity (Wildman–Crippen MR) is 85.9 cm³/mol. The Morgan fingerprint density at radius 3 is 2.59 bits per heavy atom. The first-order chi connectivity index (χ1) is 10.4. The minimum absolute atomic E-state index is 0.0823. The third-order valence-electron chi connectivity index (χ3n) is 4.25. The van der Waals surface area contributed by atoms with Crippen LogP contribution in [0.1, 0.15) is 37.0 Å². The van der Waals surface area contributed by atoms with Crippen LogP contribution in [-0.4, -0.2) is 47.4 Å². The Morgan fingerprint density at radius 1 is 1.36 bits per heavy atom. The van der Waals surface area contributed by atoms with Gasteiger partial charge in [-0.25, -0.2) is 0 Å². The lowest BCUT2D eigenvalue weighted by atomic mass is 10.1. The second kappa shape index (κ2) is 7.03. The average Bonchev–Trinajstić information content (AvgIpc) is 3.31. The molecule has 2 rings (SSSR count). The van der Waals surface area contributed by atoms with Gasteiger partial charge in [-0.05, 0) is 51.8 Å². The summed E-state index contributed by atoms with van der Waals surface area (Å²) in [6.45, 7) is 3.76. The van der Waals surface area contributed by atoms with E-state index in [4.69, 9.17) is 0 Å².